The molecule has 7 rings (SSSR count). The van der Waals surface area contributed by atoms with E-state index < -0.39 is 17.1 Å². The van der Waals surface area contributed by atoms with E-state index in [1.165, 1.54) is 11.8 Å². The highest BCUT2D eigenvalue weighted by molar-refractivity contribution is 8.00. The Morgan fingerprint density at radius 1 is 0.574 bits per heavy atom. The molecule has 1 atom stereocenters. The third kappa shape index (κ3) is 9.11. The van der Waals surface area contributed by atoms with E-state index in [4.69, 9.17) is 4.74 Å². The third-order valence-electron chi connectivity index (χ3n) is 8.44. The summed E-state index contributed by atoms with van der Waals surface area (Å²) in [4.78, 5) is 41.8. The fourth-order valence-electron chi connectivity index (χ4n) is 5.80. The number of fused-ring (bicyclic) bond motifs is 1. The van der Waals surface area contributed by atoms with Crippen LogP contribution >= 0.6 is 11.8 Å². The molecular formula is C46H35N3O4S. The lowest BCUT2D eigenvalue weighted by Gasteiger charge is -2.18. The number of hydrogen-bond donors (Lipinski definition) is 3. The first kappa shape index (κ1) is 35.5. The third-order valence-corrected chi connectivity index (χ3v) is 9.69. The van der Waals surface area contributed by atoms with Crippen LogP contribution in [0.4, 0.5) is 11.4 Å². The molecule has 1 unspecified atom stereocenters. The van der Waals surface area contributed by atoms with Gasteiger partial charge in [0.1, 0.15) is 22.4 Å². The first-order valence-corrected chi connectivity index (χ1v) is 18.2. The molecule has 0 saturated heterocycles. The Bertz CT molecular complexity index is 2410. The van der Waals surface area contributed by atoms with E-state index in [0.29, 0.717) is 22.7 Å². The second kappa shape index (κ2) is 17.1. The number of rotatable bonds is 12. The van der Waals surface area contributed by atoms with Crippen molar-refractivity contribution >= 4 is 57.7 Å². The van der Waals surface area contributed by atoms with Crippen LogP contribution in [-0.2, 0) is 9.59 Å². The van der Waals surface area contributed by atoms with Gasteiger partial charge in [0.05, 0.1) is 0 Å². The van der Waals surface area contributed by atoms with Crippen molar-refractivity contribution in [3.05, 3.63) is 204 Å². The maximum Gasteiger partial charge on any atom is 0.272 e. The van der Waals surface area contributed by atoms with Crippen LogP contribution in [0, 0.1) is 0 Å². The molecule has 0 aromatic heterocycles. The van der Waals surface area contributed by atoms with Crippen LogP contribution in [0.25, 0.3) is 16.8 Å². The molecule has 0 radical (unpaired) electrons. The van der Waals surface area contributed by atoms with Crippen LogP contribution in [0.3, 0.4) is 0 Å². The van der Waals surface area contributed by atoms with Crippen molar-refractivity contribution in [2.24, 2.45) is 0 Å². The molecule has 7 nitrogen and oxygen atoms in total. The number of carbonyl (C=O) groups is 3. The smallest absolute Gasteiger partial charge is 0.272 e. The summed E-state index contributed by atoms with van der Waals surface area (Å²) in [5, 5.41) is 10.2. The van der Waals surface area contributed by atoms with E-state index in [-0.39, 0.29) is 11.6 Å². The lowest BCUT2D eigenvalue weighted by Crippen LogP contribution is -2.30. The van der Waals surface area contributed by atoms with Crippen LogP contribution < -0.4 is 20.7 Å². The largest absolute Gasteiger partial charge is 0.457 e. The molecule has 7 aromatic rings. The first-order valence-electron chi connectivity index (χ1n) is 17.3. The summed E-state index contributed by atoms with van der Waals surface area (Å²) in [6, 6.07) is 56.0. The minimum Gasteiger partial charge on any atom is -0.457 e. The number of benzene rings is 7. The predicted octanol–water partition coefficient (Wildman–Crippen LogP) is 10.5. The summed E-state index contributed by atoms with van der Waals surface area (Å²) in [6.45, 7) is 0. The van der Waals surface area contributed by atoms with E-state index in [1.54, 1.807) is 48.5 Å². The molecule has 0 fully saturated rings. The topological polar surface area (TPSA) is 96.5 Å². The second-order valence-electron chi connectivity index (χ2n) is 12.3. The zero-order valence-electron chi connectivity index (χ0n) is 29.0. The lowest BCUT2D eigenvalue weighted by molar-refractivity contribution is -0.116. The van der Waals surface area contributed by atoms with Crippen LogP contribution in [0.1, 0.15) is 26.7 Å². The lowest BCUT2D eigenvalue weighted by atomic mass is 10.0. The molecule has 0 aliphatic carbocycles. The van der Waals surface area contributed by atoms with E-state index in [1.807, 2.05) is 140 Å². The van der Waals surface area contributed by atoms with E-state index >= 15 is 0 Å². The second-order valence-corrected chi connectivity index (χ2v) is 13.4. The Balaban J connectivity index is 1.10. The van der Waals surface area contributed by atoms with Crippen molar-refractivity contribution in [3.63, 3.8) is 0 Å². The molecular weight excluding hydrogens is 691 g/mol. The van der Waals surface area contributed by atoms with Gasteiger partial charge in [-0.05, 0) is 94.7 Å². The van der Waals surface area contributed by atoms with Gasteiger partial charge in [0.15, 0.2) is 0 Å². The average molecular weight is 726 g/mol. The maximum atomic E-state index is 13.9. The summed E-state index contributed by atoms with van der Waals surface area (Å²) < 4.78 is 5.90. The molecule has 0 saturated carbocycles. The first-order chi connectivity index (χ1) is 26.5. The maximum absolute atomic E-state index is 13.9. The number of hydrogen-bond acceptors (Lipinski definition) is 5. The average Bonchev–Trinajstić information content (AvgIpc) is 3.21. The van der Waals surface area contributed by atoms with Crippen molar-refractivity contribution in [3.8, 4) is 11.5 Å². The van der Waals surface area contributed by atoms with Crippen molar-refractivity contribution < 1.29 is 19.1 Å². The molecule has 3 amide bonds. The van der Waals surface area contributed by atoms with Crippen LogP contribution in [0.5, 0.6) is 11.5 Å². The normalized spacial score (nSPS) is 11.7. The zero-order valence-corrected chi connectivity index (χ0v) is 29.8. The number of nitrogens with one attached hydrogen (secondary N) is 3. The fraction of sp³-hybridized carbons (Fsp3) is 0.0217. The Morgan fingerprint density at radius 2 is 1.20 bits per heavy atom. The predicted molar refractivity (Wildman–Crippen MR) is 218 cm³/mol. The Hall–Kier alpha value is -6.90. The van der Waals surface area contributed by atoms with Crippen LogP contribution in [-0.4, -0.2) is 17.7 Å². The highest BCUT2D eigenvalue weighted by Gasteiger charge is 2.23. The van der Waals surface area contributed by atoms with Crippen molar-refractivity contribution in [1.29, 1.82) is 0 Å². The number of para-hydroxylation sites is 1. The monoisotopic (exact) mass is 725 g/mol. The molecule has 3 N–H and O–H groups in total. The fourth-order valence-corrected chi connectivity index (χ4v) is 6.88. The van der Waals surface area contributed by atoms with E-state index in [0.717, 1.165) is 32.5 Å². The van der Waals surface area contributed by atoms with Gasteiger partial charge in [0.2, 0.25) is 5.91 Å². The molecule has 7 aromatic carbocycles. The number of carbonyl (C=O) groups excluding carboxylic acids is 3. The summed E-state index contributed by atoms with van der Waals surface area (Å²) in [5.74, 6) is 0.272. The van der Waals surface area contributed by atoms with Gasteiger partial charge in [-0.3, -0.25) is 14.4 Å². The molecule has 0 spiro atoms. The quantitative estimate of drug-likeness (QED) is 0.0861. The molecule has 0 aliphatic heterocycles. The summed E-state index contributed by atoms with van der Waals surface area (Å²) >= 11 is 1.36. The van der Waals surface area contributed by atoms with Gasteiger partial charge >= 0.3 is 0 Å². The van der Waals surface area contributed by atoms with Crippen LogP contribution in [0.2, 0.25) is 0 Å². The van der Waals surface area contributed by atoms with Crippen molar-refractivity contribution in [2.45, 2.75) is 10.1 Å². The highest BCUT2D eigenvalue weighted by Crippen LogP contribution is 2.37. The minimum absolute atomic E-state index is 0.0833. The van der Waals surface area contributed by atoms with Crippen molar-refractivity contribution in [2.75, 3.05) is 10.6 Å². The van der Waals surface area contributed by atoms with Gasteiger partial charge < -0.3 is 20.7 Å². The van der Waals surface area contributed by atoms with E-state index in [9.17, 15) is 14.4 Å². The Labute approximate surface area is 317 Å². The number of ether oxygens (including phenoxy) is 1. The van der Waals surface area contributed by atoms with Gasteiger partial charge in [-0.2, -0.15) is 0 Å². The Kier molecular flexibility index (Phi) is 11.2. The summed E-state index contributed by atoms with van der Waals surface area (Å²) in [7, 11) is 0. The van der Waals surface area contributed by atoms with Gasteiger partial charge in [-0.15, -0.1) is 11.8 Å². The summed E-state index contributed by atoms with van der Waals surface area (Å²) in [5.41, 5.74) is 3.25. The molecule has 0 heterocycles. The van der Waals surface area contributed by atoms with Gasteiger partial charge in [0, 0.05) is 21.8 Å². The van der Waals surface area contributed by atoms with Crippen molar-refractivity contribution in [1.82, 2.24) is 5.32 Å². The molecule has 54 heavy (non-hydrogen) atoms. The van der Waals surface area contributed by atoms with Gasteiger partial charge in [-0.1, -0.05) is 115 Å². The highest BCUT2D eigenvalue weighted by atomic mass is 32.2. The minimum atomic E-state index is -0.607. The molecule has 0 aliphatic rings. The molecule has 8 heteroatoms. The van der Waals surface area contributed by atoms with Crippen LogP contribution in [0.15, 0.2) is 193 Å². The van der Waals surface area contributed by atoms with Gasteiger partial charge in [-0.25, -0.2) is 0 Å². The summed E-state index contributed by atoms with van der Waals surface area (Å²) in [6.07, 6.45) is 1.69. The standard InChI is InChI=1S/C46H35N3O4S/c50-44(34-17-6-2-7-18-34)49-42(30-35-20-12-19-32-14-10-11-25-41(32)35)45(51)48-37-21-13-24-40(31-37)54-43(33-15-4-1-5-16-33)46(52)47-36-26-28-39(29-27-36)53-38-22-8-3-9-23-38/h1-31,43H,(H,47,52)(H,48,51)(H,49,50)/b42-30+. The van der Waals surface area contributed by atoms with Gasteiger partial charge in [0.25, 0.3) is 11.8 Å². The molecule has 264 valence electrons. The zero-order chi connectivity index (χ0) is 37.1. The number of amides is 3. The number of thioether (sulfide) groups is 1. The Morgan fingerprint density at radius 3 is 1.96 bits per heavy atom. The molecule has 0 bridgehead atoms. The van der Waals surface area contributed by atoms with E-state index in [2.05, 4.69) is 16.0 Å². The number of anilines is 2. The SMILES string of the molecule is O=C(Nc1cccc(SC(C(=O)Nc2ccc(Oc3ccccc3)cc2)c2ccccc2)c1)/C(=C\c1cccc2ccccc12)NC(=O)c1ccccc1.